The topological polar surface area (TPSA) is 123 Å². The number of fused-ring (bicyclic) bond motifs is 1. The number of carboxylic acid groups (broad SMARTS) is 1. The van der Waals surface area contributed by atoms with Crippen LogP contribution >= 0.6 is 0 Å². The van der Waals surface area contributed by atoms with Crippen LogP contribution in [0, 0.1) is 11.7 Å². The van der Waals surface area contributed by atoms with Gasteiger partial charge < -0.3 is 25.1 Å². The SMILES string of the molecule is CON=C1CN(c2nc3c(cc2F)c(=O)c(C(=O)O)cn3C2CC2)[C@@H](CN)C1C. The van der Waals surface area contributed by atoms with Gasteiger partial charge in [-0.15, -0.1) is 0 Å². The van der Waals surface area contributed by atoms with Gasteiger partial charge in [0.15, 0.2) is 11.6 Å². The van der Waals surface area contributed by atoms with E-state index in [4.69, 9.17) is 10.6 Å². The molecule has 1 aliphatic heterocycles. The molecule has 3 heterocycles. The minimum absolute atomic E-state index is 0.0413. The minimum Gasteiger partial charge on any atom is -0.477 e. The molecule has 0 radical (unpaired) electrons. The Morgan fingerprint density at radius 1 is 1.48 bits per heavy atom. The normalized spacial score (nSPS) is 23.2. The van der Waals surface area contributed by atoms with E-state index in [9.17, 15) is 14.7 Å². The number of hydrogen-bond acceptors (Lipinski definition) is 7. The summed E-state index contributed by atoms with van der Waals surface area (Å²) in [6.07, 6.45) is 3.01. The highest BCUT2D eigenvalue weighted by Crippen LogP contribution is 2.37. The van der Waals surface area contributed by atoms with Gasteiger partial charge in [-0.05, 0) is 18.9 Å². The first kappa shape index (κ1) is 19.3. The molecular formula is C19H22FN5O4. The average Bonchev–Trinajstić information content (AvgIpc) is 3.47. The molecule has 154 valence electrons. The second-order valence-electron chi connectivity index (χ2n) is 7.47. The lowest BCUT2D eigenvalue weighted by Crippen LogP contribution is -2.39. The first-order chi connectivity index (χ1) is 13.9. The van der Waals surface area contributed by atoms with Crippen LogP contribution in [-0.4, -0.2) is 52.6 Å². The van der Waals surface area contributed by atoms with Crippen LogP contribution in [0.5, 0.6) is 0 Å². The molecule has 2 aliphatic rings. The molecule has 0 aromatic carbocycles. The van der Waals surface area contributed by atoms with Crippen molar-refractivity contribution in [1.82, 2.24) is 9.55 Å². The smallest absolute Gasteiger partial charge is 0.341 e. The number of hydrogen-bond donors (Lipinski definition) is 2. The molecule has 1 saturated heterocycles. The Morgan fingerprint density at radius 3 is 2.79 bits per heavy atom. The van der Waals surface area contributed by atoms with Gasteiger partial charge in [0.25, 0.3) is 0 Å². The predicted octanol–water partition coefficient (Wildman–Crippen LogP) is 1.35. The lowest BCUT2D eigenvalue weighted by atomic mass is 10.0. The summed E-state index contributed by atoms with van der Waals surface area (Å²) in [6, 6.07) is 0.896. The maximum absolute atomic E-state index is 15.1. The first-order valence-corrected chi connectivity index (χ1v) is 9.42. The number of aromatic carboxylic acids is 1. The summed E-state index contributed by atoms with van der Waals surface area (Å²) in [5.41, 5.74) is 5.81. The van der Waals surface area contributed by atoms with Gasteiger partial charge >= 0.3 is 5.97 Å². The number of pyridine rings is 2. The lowest BCUT2D eigenvalue weighted by Gasteiger charge is -2.26. The van der Waals surface area contributed by atoms with Crippen molar-refractivity contribution in [3.63, 3.8) is 0 Å². The zero-order valence-electron chi connectivity index (χ0n) is 16.1. The largest absolute Gasteiger partial charge is 0.477 e. The van der Waals surface area contributed by atoms with Crippen molar-refractivity contribution >= 4 is 28.5 Å². The van der Waals surface area contributed by atoms with E-state index >= 15 is 4.39 Å². The second kappa shape index (κ2) is 7.11. The second-order valence-corrected chi connectivity index (χ2v) is 7.47. The highest BCUT2D eigenvalue weighted by molar-refractivity contribution is 5.95. The third kappa shape index (κ3) is 3.13. The molecule has 2 atom stereocenters. The Bertz CT molecular complexity index is 1080. The minimum atomic E-state index is -1.34. The summed E-state index contributed by atoms with van der Waals surface area (Å²) in [5.74, 6) is -2.04. The van der Waals surface area contributed by atoms with E-state index < -0.39 is 17.2 Å². The van der Waals surface area contributed by atoms with Gasteiger partial charge in [0.2, 0.25) is 5.43 Å². The highest BCUT2D eigenvalue weighted by Gasteiger charge is 2.38. The van der Waals surface area contributed by atoms with E-state index in [2.05, 4.69) is 10.1 Å². The molecule has 10 heteroatoms. The van der Waals surface area contributed by atoms with Crippen LogP contribution in [0.15, 0.2) is 22.2 Å². The van der Waals surface area contributed by atoms with Crippen LogP contribution in [-0.2, 0) is 4.84 Å². The highest BCUT2D eigenvalue weighted by atomic mass is 19.1. The van der Waals surface area contributed by atoms with Crippen LogP contribution in [0.4, 0.5) is 10.2 Å². The monoisotopic (exact) mass is 403 g/mol. The molecule has 0 amide bonds. The Kier molecular flexibility index (Phi) is 4.73. The van der Waals surface area contributed by atoms with Gasteiger partial charge in [-0.1, -0.05) is 12.1 Å². The summed E-state index contributed by atoms with van der Waals surface area (Å²) in [7, 11) is 1.45. The van der Waals surface area contributed by atoms with E-state index in [0.717, 1.165) is 24.6 Å². The predicted molar refractivity (Wildman–Crippen MR) is 105 cm³/mol. The van der Waals surface area contributed by atoms with Crippen molar-refractivity contribution in [3.05, 3.63) is 33.9 Å². The van der Waals surface area contributed by atoms with Crippen LogP contribution in [0.3, 0.4) is 0 Å². The summed E-state index contributed by atoms with van der Waals surface area (Å²) >= 11 is 0. The molecule has 0 spiro atoms. The van der Waals surface area contributed by atoms with E-state index in [0.29, 0.717) is 6.54 Å². The molecule has 2 aromatic rings. The van der Waals surface area contributed by atoms with Gasteiger partial charge in [0.05, 0.1) is 23.7 Å². The fourth-order valence-electron chi connectivity index (χ4n) is 3.94. The number of carbonyl (C=O) groups is 1. The van der Waals surface area contributed by atoms with Gasteiger partial charge in [-0.25, -0.2) is 14.2 Å². The third-order valence-electron chi connectivity index (χ3n) is 5.67. The van der Waals surface area contributed by atoms with Crippen LogP contribution < -0.4 is 16.1 Å². The molecule has 1 unspecified atom stereocenters. The number of nitrogens with two attached hydrogens (primary N) is 1. The quantitative estimate of drug-likeness (QED) is 0.723. The Labute approximate surface area is 165 Å². The van der Waals surface area contributed by atoms with Gasteiger partial charge in [-0.2, -0.15) is 0 Å². The summed E-state index contributed by atoms with van der Waals surface area (Å²) < 4.78 is 16.7. The molecule has 1 saturated carbocycles. The van der Waals surface area contributed by atoms with E-state index in [1.165, 1.54) is 13.3 Å². The number of oxime groups is 1. The van der Waals surface area contributed by atoms with Crippen molar-refractivity contribution < 1.29 is 19.1 Å². The zero-order chi connectivity index (χ0) is 20.9. The van der Waals surface area contributed by atoms with Crippen molar-refractivity contribution in [1.29, 1.82) is 0 Å². The Morgan fingerprint density at radius 2 is 2.21 bits per heavy atom. The number of halogens is 1. The first-order valence-electron chi connectivity index (χ1n) is 9.42. The van der Waals surface area contributed by atoms with Crippen LogP contribution in [0.1, 0.15) is 36.2 Å². The summed E-state index contributed by atoms with van der Waals surface area (Å²) in [6.45, 7) is 2.50. The summed E-state index contributed by atoms with van der Waals surface area (Å²) in [5, 5.41) is 13.3. The third-order valence-corrected chi connectivity index (χ3v) is 5.67. The van der Waals surface area contributed by atoms with Gasteiger partial charge in [-0.3, -0.25) is 4.79 Å². The molecule has 4 rings (SSSR count). The number of aromatic nitrogens is 2. The maximum Gasteiger partial charge on any atom is 0.341 e. The molecule has 2 aromatic heterocycles. The zero-order valence-corrected chi connectivity index (χ0v) is 16.1. The fraction of sp³-hybridized carbons (Fsp3) is 0.474. The summed E-state index contributed by atoms with van der Waals surface area (Å²) in [4.78, 5) is 35.1. The fourth-order valence-corrected chi connectivity index (χ4v) is 3.94. The van der Waals surface area contributed by atoms with Crippen molar-refractivity contribution in [2.75, 3.05) is 25.1 Å². The van der Waals surface area contributed by atoms with Crippen LogP contribution in [0.2, 0.25) is 0 Å². The molecule has 9 nitrogen and oxygen atoms in total. The molecule has 1 aliphatic carbocycles. The van der Waals surface area contributed by atoms with Crippen molar-refractivity contribution in [3.8, 4) is 0 Å². The maximum atomic E-state index is 15.1. The van der Waals surface area contributed by atoms with Crippen LogP contribution in [0.25, 0.3) is 11.0 Å². The number of anilines is 1. The van der Waals surface area contributed by atoms with E-state index in [-0.39, 0.29) is 47.0 Å². The van der Waals surface area contributed by atoms with E-state index in [1.807, 2.05) is 6.92 Å². The van der Waals surface area contributed by atoms with E-state index in [1.54, 1.807) is 9.47 Å². The molecule has 29 heavy (non-hydrogen) atoms. The van der Waals surface area contributed by atoms with Gasteiger partial charge in [0, 0.05) is 24.7 Å². The van der Waals surface area contributed by atoms with Crippen molar-refractivity contribution in [2.45, 2.75) is 31.8 Å². The molecule has 2 fully saturated rings. The number of nitrogens with zero attached hydrogens (tertiary/aromatic N) is 4. The van der Waals surface area contributed by atoms with Gasteiger partial charge in [0.1, 0.15) is 18.3 Å². The Hall–Kier alpha value is -3.01. The molecule has 3 N–H and O–H groups in total. The number of rotatable bonds is 5. The number of carboxylic acids is 1. The Balaban J connectivity index is 1.91. The molecular weight excluding hydrogens is 381 g/mol. The molecule has 0 bridgehead atoms. The van der Waals surface area contributed by atoms with Crippen molar-refractivity contribution in [2.24, 2.45) is 16.8 Å². The average molecular weight is 403 g/mol. The standard InChI is InChI=1S/C19H22FN5O4/c1-9-14(23-29-2)8-25(15(9)6-21)18-13(20)5-11-16(26)12(19(27)28)7-24(10-3-4-10)17(11)22-18/h5,7,9-10,15H,3-4,6,8,21H2,1-2H3,(H,27,28)/t9?,15-/m0/s1. The lowest BCUT2D eigenvalue weighted by molar-refractivity contribution is 0.0695.